The second-order valence-corrected chi connectivity index (χ2v) is 6.19. The minimum Gasteiger partial charge on any atom is -0.504 e. The van der Waals surface area contributed by atoms with E-state index in [4.69, 9.17) is 14.2 Å². The Bertz CT molecular complexity index is 637. The number of hydrogen-bond donors (Lipinski definition) is 2. The SMILES string of the molecule is CCCCO[C@H]1C=Cc2c(cc(O)c(OC)c2O)CC(=O)O[C@@H](C)C1. The van der Waals surface area contributed by atoms with Gasteiger partial charge >= 0.3 is 5.97 Å². The molecule has 138 valence electrons. The van der Waals surface area contributed by atoms with Crippen LogP contribution in [0, 0.1) is 0 Å². The molecule has 1 aromatic rings. The summed E-state index contributed by atoms with van der Waals surface area (Å²) >= 11 is 0. The average Bonchev–Trinajstić information content (AvgIpc) is 2.53. The van der Waals surface area contributed by atoms with Crippen LogP contribution in [-0.4, -0.2) is 42.1 Å². The van der Waals surface area contributed by atoms with Gasteiger partial charge in [-0.1, -0.05) is 25.5 Å². The summed E-state index contributed by atoms with van der Waals surface area (Å²) in [6.45, 7) is 4.53. The normalized spacial score (nSPS) is 20.7. The van der Waals surface area contributed by atoms with Crippen LogP contribution in [0.4, 0.5) is 0 Å². The number of phenols is 2. The lowest BCUT2D eigenvalue weighted by atomic mass is 9.99. The number of rotatable bonds is 5. The van der Waals surface area contributed by atoms with E-state index in [0.29, 0.717) is 24.2 Å². The Morgan fingerprint density at radius 3 is 2.80 bits per heavy atom. The van der Waals surface area contributed by atoms with E-state index in [9.17, 15) is 15.0 Å². The molecule has 0 saturated heterocycles. The van der Waals surface area contributed by atoms with E-state index in [1.165, 1.54) is 13.2 Å². The first-order valence-corrected chi connectivity index (χ1v) is 8.57. The molecule has 6 heteroatoms. The second kappa shape index (κ2) is 8.76. The Balaban J connectivity index is 2.40. The van der Waals surface area contributed by atoms with E-state index < -0.39 is 5.97 Å². The predicted octanol–water partition coefficient (Wildman–Crippen LogP) is 3.18. The molecule has 1 aliphatic heterocycles. The Kier molecular flexibility index (Phi) is 6.70. The Hall–Kier alpha value is -2.21. The number of phenolic OH excluding ortho intramolecular Hbond substituents is 2. The summed E-state index contributed by atoms with van der Waals surface area (Å²) in [4.78, 5) is 12.1. The van der Waals surface area contributed by atoms with Gasteiger partial charge in [-0.05, 0) is 25.0 Å². The van der Waals surface area contributed by atoms with E-state index >= 15 is 0 Å². The summed E-state index contributed by atoms with van der Waals surface area (Å²) in [5.41, 5.74) is 0.892. The third kappa shape index (κ3) is 4.89. The summed E-state index contributed by atoms with van der Waals surface area (Å²) in [7, 11) is 1.36. The first kappa shape index (κ1) is 19.1. The molecule has 0 amide bonds. The van der Waals surface area contributed by atoms with Crippen LogP contribution in [-0.2, 0) is 20.7 Å². The molecule has 2 rings (SSSR count). The van der Waals surface area contributed by atoms with Crippen molar-refractivity contribution < 1.29 is 29.2 Å². The molecule has 0 aromatic heterocycles. The van der Waals surface area contributed by atoms with Gasteiger partial charge in [0.25, 0.3) is 0 Å². The average molecular weight is 350 g/mol. The van der Waals surface area contributed by atoms with Crippen molar-refractivity contribution in [3.05, 3.63) is 23.3 Å². The number of fused-ring (bicyclic) bond motifs is 1. The molecule has 25 heavy (non-hydrogen) atoms. The number of carbonyl (C=O) groups excluding carboxylic acids is 1. The fourth-order valence-corrected chi connectivity index (χ4v) is 2.82. The maximum atomic E-state index is 12.1. The van der Waals surface area contributed by atoms with Gasteiger partial charge in [-0.25, -0.2) is 0 Å². The first-order valence-electron chi connectivity index (χ1n) is 8.57. The van der Waals surface area contributed by atoms with Crippen LogP contribution in [0.25, 0.3) is 6.08 Å². The molecule has 0 radical (unpaired) electrons. The zero-order valence-corrected chi connectivity index (χ0v) is 14.9. The third-order valence-corrected chi connectivity index (χ3v) is 4.10. The van der Waals surface area contributed by atoms with Crippen LogP contribution >= 0.6 is 0 Å². The lowest BCUT2D eigenvalue weighted by Gasteiger charge is -2.22. The highest BCUT2D eigenvalue weighted by molar-refractivity contribution is 5.78. The highest BCUT2D eigenvalue weighted by Gasteiger charge is 2.22. The number of methoxy groups -OCH3 is 1. The summed E-state index contributed by atoms with van der Waals surface area (Å²) in [6, 6.07) is 1.42. The summed E-state index contributed by atoms with van der Waals surface area (Å²) < 4.78 is 16.3. The van der Waals surface area contributed by atoms with E-state index in [-0.39, 0.29) is 35.9 Å². The minimum absolute atomic E-state index is 0.0225. The van der Waals surface area contributed by atoms with Gasteiger partial charge in [0.2, 0.25) is 5.75 Å². The van der Waals surface area contributed by atoms with Crippen molar-refractivity contribution >= 4 is 12.0 Å². The number of esters is 1. The molecule has 1 aliphatic rings. The lowest BCUT2D eigenvalue weighted by Crippen LogP contribution is -2.24. The number of carbonyl (C=O) groups is 1. The highest BCUT2D eigenvalue weighted by Crippen LogP contribution is 2.41. The Morgan fingerprint density at radius 2 is 2.12 bits per heavy atom. The lowest BCUT2D eigenvalue weighted by molar-refractivity contribution is -0.148. The number of benzene rings is 1. The van der Waals surface area contributed by atoms with Gasteiger partial charge in [0.05, 0.1) is 19.6 Å². The fraction of sp³-hybridized carbons (Fsp3) is 0.526. The molecular formula is C19H26O6. The van der Waals surface area contributed by atoms with Crippen molar-refractivity contribution in [2.45, 2.75) is 51.7 Å². The van der Waals surface area contributed by atoms with Gasteiger partial charge in [-0.15, -0.1) is 0 Å². The summed E-state index contributed by atoms with van der Waals surface area (Å²) in [5, 5.41) is 20.4. The number of hydrogen-bond acceptors (Lipinski definition) is 6. The Labute approximate surface area is 148 Å². The van der Waals surface area contributed by atoms with Gasteiger partial charge in [0.15, 0.2) is 11.5 Å². The molecule has 0 aliphatic carbocycles. The summed E-state index contributed by atoms with van der Waals surface area (Å²) in [5.74, 6) is -0.866. The smallest absolute Gasteiger partial charge is 0.310 e. The molecule has 0 saturated carbocycles. The van der Waals surface area contributed by atoms with Crippen molar-refractivity contribution in [3.63, 3.8) is 0 Å². The summed E-state index contributed by atoms with van der Waals surface area (Å²) in [6.07, 6.45) is 5.51. The van der Waals surface area contributed by atoms with Gasteiger partial charge in [-0.3, -0.25) is 4.79 Å². The van der Waals surface area contributed by atoms with E-state index in [2.05, 4.69) is 6.92 Å². The Morgan fingerprint density at radius 1 is 1.36 bits per heavy atom. The predicted molar refractivity (Wildman–Crippen MR) is 93.9 cm³/mol. The van der Waals surface area contributed by atoms with Gasteiger partial charge in [0, 0.05) is 18.6 Å². The van der Waals surface area contributed by atoms with E-state index in [1.807, 2.05) is 13.0 Å². The molecule has 2 N–H and O–H groups in total. The molecule has 0 fully saturated rings. The van der Waals surface area contributed by atoms with E-state index in [1.54, 1.807) is 6.08 Å². The molecule has 2 atom stereocenters. The van der Waals surface area contributed by atoms with Gasteiger partial charge in [0.1, 0.15) is 6.10 Å². The minimum atomic E-state index is -0.416. The first-order chi connectivity index (χ1) is 12.0. The molecular weight excluding hydrogens is 324 g/mol. The fourth-order valence-electron chi connectivity index (χ4n) is 2.82. The number of unbranched alkanes of at least 4 members (excludes halogenated alkanes) is 1. The molecule has 6 nitrogen and oxygen atoms in total. The van der Waals surface area contributed by atoms with Gasteiger partial charge < -0.3 is 24.4 Å². The highest BCUT2D eigenvalue weighted by atomic mass is 16.5. The number of cyclic esters (lactones) is 1. The zero-order valence-electron chi connectivity index (χ0n) is 14.9. The van der Waals surface area contributed by atoms with Crippen molar-refractivity contribution in [2.24, 2.45) is 0 Å². The van der Waals surface area contributed by atoms with E-state index in [0.717, 1.165) is 12.8 Å². The molecule has 1 heterocycles. The molecule has 0 bridgehead atoms. The van der Waals surface area contributed by atoms with Crippen LogP contribution in [0.3, 0.4) is 0 Å². The van der Waals surface area contributed by atoms with Crippen LogP contribution in [0.2, 0.25) is 0 Å². The van der Waals surface area contributed by atoms with Crippen molar-refractivity contribution in [2.75, 3.05) is 13.7 Å². The van der Waals surface area contributed by atoms with Crippen LogP contribution in [0.15, 0.2) is 12.1 Å². The second-order valence-electron chi connectivity index (χ2n) is 6.19. The van der Waals surface area contributed by atoms with Crippen molar-refractivity contribution in [3.8, 4) is 17.2 Å². The maximum Gasteiger partial charge on any atom is 0.310 e. The van der Waals surface area contributed by atoms with Crippen LogP contribution < -0.4 is 4.74 Å². The quantitative estimate of drug-likeness (QED) is 0.627. The topological polar surface area (TPSA) is 85.2 Å². The zero-order chi connectivity index (χ0) is 18.4. The largest absolute Gasteiger partial charge is 0.504 e. The maximum absolute atomic E-state index is 12.1. The van der Waals surface area contributed by atoms with Crippen LogP contribution in [0.5, 0.6) is 17.2 Å². The number of ether oxygens (including phenoxy) is 3. The van der Waals surface area contributed by atoms with Gasteiger partial charge in [-0.2, -0.15) is 0 Å². The number of aromatic hydroxyl groups is 2. The monoisotopic (exact) mass is 350 g/mol. The van der Waals surface area contributed by atoms with Crippen LogP contribution in [0.1, 0.15) is 44.2 Å². The van der Waals surface area contributed by atoms with Crippen molar-refractivity contribution in [1.82, 2.24) is 0 Å². The molecule has 0 spiro atoms. The molecule has 0 unspecified atom stereocenters. The molecule has 1 aromatic carbocycles. The standard InChI is InChI=1S/C19H26O6/c1-4-5-8-24-14-6-7-15-13(11-17(21)25-12(2)9-14)10-16(20)19(23-3)18(15)22/h6-7,10,12,14,20,22H,4-5,8-9,11H2,1-3H3/t12-,14-/m0/s1. The van der Waals surface area contributed by atoms with Crippen molar-refractivity contribution in [1.29, 1.82) is 0 Å². The third-order valence-electron chi connectivity index (χ3n) is 4.10.